The molecular weight excluding hydrogens is 247 g/mol. The predicted molar refractivity (Wildman–Crippen MR) is 64.6 cm³/mol. The van der Waals surface area contributed by atoms with Crippen LogP contribution in [0, 0.1) is 0 Å². The van der Waals surface area contributed by atoms with Crippen LogP contribution in [-0.4, -0.2) is 4.98 Å². The average molecular weight is 257 g/mol. The van der Waals surface area contributed by atoms with Gasteiger partial charge < -0.3 is 10.2 Å². The number of nitrogens with zero attached hydrogens (tertiary/aromatic N) is 1. The van der Waals surface area contributed by atoms with Crippen LogP contribution < -0.4 is 5.73 Å². The van der Waals surface area contributed by atoms with Crippen LogP contribution in [0.25, 0.3) is 11.3 Å². The lowest BCUT2D eigenvalue weighted by Crippen LogP contribution is -2.04. The standard InChI is InChI=1S/C11H10Cl2N2O/c1-6(14)11-15-5-10(16-11)7-2-8(12)4-9(13)3-7/h2-6H,14H2,1H3. The molecule has 0 fully saturated rings. The van der Waals surface area contributed by atoms with E-state index in [-0.39, 0.29) is 6.04 Å². The van der Waals surface area contributed by atoms with Crippen molar-refractivity contribution < 1.29 is 4.42 Å². The van der Waals surface area contributed by atoms with Gasteiger partial charge in [-0.1, -0.05) is 23.2 Å². The monoisotopic (exact) mass is 256 g/mol. The number of aromatic nitrogens is 1. The SMILES string of the molecule is CC(N)c1ncc(-c2cc(Cl)cc(Cl)c2)o1. The maximum atomic E-state index is 5.90. The zero-order valence-electron chi connectivity index (χ0n) is 8.58. The lowest BCUT2D eigenvalue weighted by molar-refractivity contribution is 0.473. The number of halogens is 2. The van der Waals surface area contributed by atoms with Crippen LogP contribution in [0.4, 0.5) is 0 Å². The van der Waals surface area contributed by atoms with Crippen LogP contribution in [-0.2, 0) is 0 Å². The van der Waals surface area contributed by atoms with Crippen molar-refractivity contribution in [3.63, 3.8) is 0 Å². The molecule has 0 aliphatic rings. The number of oxazole rings is 1. The molecule has 2 rings (SSSR count). The summed E-state index contributed by atoms with van der Waals surface area (Å²) in [6.45, 7) is 1.81. The fourth-order valence-electron chi connectivity index (χ4n) is 1.33. The Morgan fingerprint density at radius 2 is 1.88 bits per heavy atom. The summed E-state index contributed by atoms with van der Waals surface area (Å²) < 4.78 is 5.49. The minimum atomic E-state index is -0.233. The van der Waals surface area contributed by atoms with Crippen molar-refractivity contribution >= 4 is 23.2 Å². The van der Waals surface area contributed by atoms with Crippen LogP contribution in [0.15, 0.2) is 28.8 Å². The molecule has 0 amide bonds. The predicted octanol–water partition coefficient (Wildman–Crippen LogP) is 3.67. The molecule has 0 saturated heterocycles. The van der Waals surface area contributed by atoms with Gasteiger partial charge in [0.2, 0.25) is 5.89 Å². The highest BCUT2D eigenvalue weighted by Crippen LogP contribution is 2.28. The zero-order valence-corrected chi connectivity index (χ0v) is 10.1. The molecule has 5 heteroatoms. The van der Waals surface area contributed by atoms with Gasteiger partial charge in [0.15, 0.2) is 5.76 Å². The van der Waals surface area contributed by atoms with Gasteiger partial charge in [-0.05, 0) is 25.1 Å². The number of nitrogens with two attached hydrogens (primary N) is 1. The second kappa shape index (κ2) is 4.45. The van der Waals surface area contributed by atoms with Crippen LogP contribution in [0.3, 0.4) is 0 Å². The number of hydrogen-bond donors (Lipinski definition) is 1. The fourth-order valence-corrected chi connectivity index (χ4v) is 1.85. The third kappa shape index (κ3) is 2.38. The molecule has 1 unspecified atom stereocenters. The summed E-state index contributed by atoms with van der Waals surface area (Å²) in [5.41, 5.74) is 6.45. The molecule has 0 spiro atoms. The van der Waals surface area contributed by atoms with Crippen LogP contribution >= 0.6 is 23.2 Å². The second-order valence-corrected chi connectivity index (χ2v) is 4.38. The van der Waals surface area contributed by atoms with E-state index >= 15 is 0 Å². The Morgan fingerprint density at radius 3 is 2.38 bits per heavy atom. The minimum absolute atomic E-state index is 0.233. The quantitative estimate of drug-likeness (QED) is 0.892. The molecule has 84 valence electrons. The Kier molecular flexibility index (Phi) is 3.19. The van der Waals surface area contributed by atoms with Gasteiger partial charge in [0.1, 0.15) is 0 Å². The van der Waals surface area contributed by atoms with Crippen LogP contribution in [0.1, 0.15) is 18.9 Å². The zero-order chi connectivity index (χ0) is 11.7. The van der Waals surface area contributed by atoms with E-state index in [1.807, 2.05) is 0 Å². The molecule has 1 heterocycles. The van der Waals surface area contributed by atoms with Crippen LogP contribution in [0.2, 0.25) is 10.0 Å². The lowest BCUT2D eigenvalue weighted by Gasteiger charge is -2.00. The first-order valence-corrected chi connectivity index (χ1v) is 5.49. The third-order valence-corrected chi connectivity index (χ3v) is 2.50. The molecule has 3 nitrogen and oxygen atoms in total. The molecule has 1 aromatic carbocycles. The van der Waals surface area contributed by atoms with E-state index in [4.69, 9.17) is 33.4 Å². The van der Waals surface area contributed by atoms with E-state index < -0.39 is 0 Å². The molecule has 0 bridgehead atoms. The molecule has 1 atom stereocenters. The largest absolute Gasteiger partial charge is 0.439 e. The fraction of sp³-hybridized carbons (Fsp3) is 0.182. The number of rotatable bonds is 2. The van der Waals surface area contributed by atoms with E-state index in [0.717, 1.165) is 5.56 Å². The first-order chi connectivity index (χ1) is 7.56. The molecule has 0 aliphatic carbocycles. The maximum absolute atomic E-state index is 5.90. The number of hydrogen-bond acceptors (Lipinski definition) is 3. The van der Waals surface area contributed by atoms with Crippen LogP contribution in [0.5, 0.6) is 0 Å². The summed E-state index contributed by atoms with van der Waals surface area (Å²) in [4.78, 5) is 4.07. The van der Waals surface area contributed by atoms with E-state index in [0.29, 0.717) is 21.7 Å². The third-order valence-electron chi connectivity index (χ3n) is 2.06. The van der Waals surface area contributed by atoms with E-state index in [1.54, 1.807) is 31.3 Å². The Labute approximate surface area is 103 Å². The van der Waals surface area contributed by atoms with Gasteiger partial charge in [0.25, 0.3) is 0 Å². The van der Waals surface area contributed by atoms with Gasteiger partial charge in [0.05, 0.1) is 12.2 Å². The van der Waals surface area contributed by atoms with Gasteiger partial charge in [-0.3, -0.25) is 0 Å². The molecule has 0 aliphatic heterocycles. The Hall–Kier alpha value is -1.03. The van der Waals surface area contributed by atoms with E-state index in [2.05, 4.69) is 4.98 Å². The van der Waals surface area contributed by atoms with Crippen molar-refractivity contribution in [1.29, 1.82) is 0 Å². The summed E-state index contributed by atoms with van der Waals surface area (Å²) in [5, 5.41) is 1.11. The van der Waals surface area contributed by atoms with Crippen molar-refractivity contribution in [1.82, 2.24) is 4.98 Å². The highest BCUT2D eigenvalue weighted by molar-refractivity contribution is 6.35. The highest BCUT2D eigenvalue weighted by Gasteiger charge is 2.10. The Morgan fingerprint density at radius 1 is 1.25 bits per heavy atom. The first kappa shape index (κ1) is 11.5. The van der Waals surface area contributed by atoms with Gasteiger partial charge in [-0.25, -0.2) is 4.98 Å². The first-order valence-electron chi connectivity index (χ1n) is 4.74. The van der Waals surface area contributed by atoms with E-state index in [1.165, 1.54) is 0 Å². The molecule has 2 N–H and O–H groups in total. The normalized spacial score (nSPS) is 12.8. The van der Waals surface area contributed by atoms with Crippen molar-refractivity contribution in [3.05, 3.63) is 40.3 Å². The maximum Gasteiger partial charge on any atom is 0.211 e. The lowest BCUT2D eigenvalue weighted by atomic mass is 10.2. The topological polar surface area (TPSA) is 52.0 Å². The minimum Gasteiger partial charge on any atom is -0.439 e. The summed E-state index contributed by atoms with van der Waals surface area (Å²) in [6, 6.07) is 4.95. The molecule has 0 radical (unpaired) electrons. The van der Waals surface area contributed by atoms with Crippen molar-refractivity contribution in [3.8, 4) is 11.3 Å². The second-order valence-electron chi connectivity index (χ2n) is 3.51. The Balaban J connectivity index is 2.42. The van der Waals surface area contributed by atoms with Crippen molar-refractivity contribution in [2.45, 2.75) is 13.0 Å². The summed E-state index contributed by atoms with van der Waals surface area (Å²) in [6.07, 6.45) is 1.61. The van der Waals surface area contributed by atoms with Crippen molar-refractivity contribution in [2.75, 3.05) is 0 Å². The average Bonchev–Trinajstić information content (AvgIpc) is 2.64. The highest BCUT2D eigenvalue weighted by atomic mass is 35.5. The number of benzene rings is 1. The van der Waals surface area contributed by atoms with Gasteiger partial charge in [-0.2, -0.15) is 0 Å². The molecule has 0 saturated carbocycles. The van der Waals surface area contributed by atoms with E-state index in [9.17, 15) is 0 Å². The molecule has 2 aromatic rings. The van der Waals surface area contributed by atoms with Gasteiger partial charge in [0, 0.05) is 15.6 Å². The van der Waals surface area contributed by atoms with Gasteiger partial charge >= 0.3 is 0 Å². The summed E-state index contributed by atoms with van der Waals surface area (Å²) >= 11 is 11.8. The molecule has 16 heavy (non-hydrogen) atoms. The Bertz CT molecular complexity index is 488. The summed E-state index contributed by atoms with van der Waals surface area (Å²) in [7, 11) is 0. The smallest absolute Gasteiger partial charge is 0.211 e. The molecular formula is C11H10Cl2N2O. The van der Waals surface area contributed by atoms with Crippen molar-refractivity contribution in [2.24, 2.45) is 5.73 Å². The molecule has 1 aromatic heterocycles. The van der Waals surface area contributed by atoms with Gasteiger partial charge in [-0.15, -0.1) is 0 Å². The summed E-state index contributed by atoms with van der Waals surface area (Å²) in [5.74, 6) is 1.10.